The molecule has 0 atom stereocenters. The molecule has 26 heavy (non-hydrogen) atoms. The van der Waals surface area contributed by atoms with Crippen LogP contribution < -0.4 is 14.8 Å². The van der Waals surface area contributed by atoms with Crippen molar-refractivity contribution in [3.05, 3.63) is 30.0 Å². The smallest absolute Gasteiger partial charge is 0.161 e. The summed E-state index contributed by atoms with van der Waals surface area (Å²) in [6.45, 7) is 7.99. The van der Waals surface area contributed by atoms with E-state index in [9.17, 15) is 0 Å². The van der Waals surface area contributed by atoms with E-state index in [1.807, 2.05) is 23.9 Å². The van der Waals surface area contributed by atoms with Gasteiger partial charge in [0.1, 0.15) is 0 Å². The van der Waals surface area contributed by atoms with E-state index < -0.39 is 0 Å². The van der Waals surface area contributed by atoms with Crippen LogP contribution in [0.25, 0.3) is 11.3 Å². The van der Waals surface area contributed by atoms with Gasteiger partial charge in [0.05, 0.1) is 25.0 Å². The zero-order chi connectivity index (χ0) is 18.4. The third kappa shape index (κ3) is 4.99. The molecule has 1 aliphatic heterocycles. The van der Waals surface area contributed by atoms with Crippen molar-refractivity contribution in [3.63, 3.8) is 0 Å². The lowest BCUT2D eigenvalue weighted by Gasteiger charge is -2.10. The van der Waals surface area contributed by atoms with Crippen LogP contribution in [0.2, 0.25) is 0 Å². The zero-order valence-corrected chi connectivity index (χ0v) is 16.0. The molecule has 0 aliphatic carbocycles. The lowest BCUT2D eigenvalue weighted by Crippen LogP contribution is -2.17. The van der Waals surface area contributed by atoms with Crippen LogP contribution >= 0.6 is 0 Å². The molecule has 1 aliphatic rings. The second-order valence-electron chi connectivity index (χ2n) is 6.84. The molecule has 6 nitrogen and oxygen atoms in total. The van der Waals surface area contributed by atoms with Crippen molar-refractivity contribution in [1.29, 1.82) is 0 Å². The number of hydrogen-bond donors (Lipinski definition) is 1. The second kappa shape index (κ2) is 9.05. The fourth-order valence-corrected chi connectivity index (χ4v) is 2.96. The first-order valence-electron chi connectivity index (χ1n) is 9.38. The van der Waals surface area contributed by atoms with Gasteiger partial charge in [-0.3, -0.25) is 4.68 Å². The quantitative estimate of drug-likeness (QED) is 0.734. The van der Waals surface area contributed by atoms with Gasteiger partial charge >= 0.3 is 0 Å². The molecule has 6 heteroatoms. The Bertz CT molecular complexity index is 712. The minimum atomic E-state index is 0.291. The van der Waals surface area contributed by atoms with Crippen molar-refractivity contribution in [2.24, 2.45) is 7.05 Å². The first-order chi connectivity index (χ1) is 12.6. The molecule has 0 spiro atoms. The number of rotatable bonds is 8. The van der Waals surface area contributed by atoms with E-state index in [2.05, 4.69) is 36.5 Å². The molecule has 0 unspecified atom stereocenters. The van der Waals surface area contributed by atoms with Gasteiger partial charge in [0, 0.05) is 43.9 Å². The lowest BCUT2D eigenvalue weighted by atomic mass is 10.1. The first kappa shape index (κ1) is 18.7. The Morgan fingerprint density at radius 1 is 1.23 bits per heavy atom. The van der Waals surface area contributed by atoms with E-state index in [-0.39, 0.29) is 0 Å². The largest absolute Gasteiger partial charge is 0.490 e. The van der Waals surface area contributed by atoms with E-state index in [0.29, 0.717) is 19.3 Å². The van der Waals surface area contributed by atoms with Gasteiger partial charge in [-0.15, -0.1) is 0 Å². The summed E-state index contributed by atoms with van der Waals surface area (Å²) < 4.78 is 19.0. The van der Waals surface area contributed by atoms with E-state index in [1.54, 1.807) is 0 Å². The lowest BCUT2D eigenvalue weighted by molar-refractivity contribution is 0.0770. The van der Waals surface area contributed by atoms with E-state index in [4.69, 9.17) is 14.2 Å². The van der Waals surface area contributed by atoms with Gasteiger partial charge in [0.15, 0.2) is 11.5 Å². The Kier molecular flexibility index (Phi) is 6.52. The van der Waals surface area contributed by atoms with Gasteiger partial charge in [-0.2, -0.15) is 5.10 Å². The van der Waals surface area contributed by atoms with Crippen molar-refractivity contribution >= 4 is 0 Å². The number of hydrogen-bond acceptors (Lipinski definition) is 5. The third-order valence-corrected chi connectivity index (χ3v) is 4.19. The normalized spacial score (nSPS) is 13.8. The average molecular weight is 359 g/mol. The molecule has 2 aromatic rings. The minimum Gasteiger partial charge on any atom is -0.490 e. The summed E-state index contributed by atoms with van der Waals surface area (Å²) in [5.74, 6) is 1.61. The number of ether oxygens (including phenoxy) is 3. The fraction of sp³-hybridized carbons (Fsp3) is 0.550. The zero-order valence-electron chi connectivity index (χ0n) is 16.0. The van der Waals surface area contributed by atoms with Gasteiger partial charge < -0.3 is 19.5 Å². The van der Waals surface area contributed by atoms with Crippen molar-refractivity contribution in [3.8, 4) is 22.8 Å². The molecule has 1 aromatic heterocycles. The topological polar surface area (TPSA) is 57.5 Å². The van der Waals surface area contributed by atoms with Gasteiger partial charge in [-0.05, 0) is 45.0 Å². The Hall–Kier alpha value is -2.05. The maximum atomic E-state index is 5.81. The Labute approximate surface area is 155 Å². The summed E-state index contributed by atoms with van der Waals surface area (Å²) in [4.78, 5) is 0. The summed E-state index contributed by atoms with van der Waals surface area (Å²) in [5.41, 5.74) is 3.20. The summed E-state index contributed by atoms with van der Waals surface area (Å²) >= 11 is 0. The van der Waals surface area contributed by atoms with E-state index in [0.717, 1.165) is 55.3 Å². The van der Waals surface area contributed by atoms with Crippen LogP contribution in [0.15, 0.2) is 24.4 Å². The maximum Gasteiger partial charge on any atom is 0.161 e. The highest BCUT2D eigenvalue weighted by Crippen LogP contribution is 2.34. The molecule has 3 rings (SSSR count). The molecule has 0 amide bonds. The summed E-state index contributed by atoms with van der Waals surface area (Å²) in [5, 5.41) is 8.13. The summed E-state index contributed by atoms with van der Waals surface area (Å²) in [7, 11) is 1.95. The van der Waals surface area contributed by atoms with Crippen LogP contribution in [0.3, 0.4) is 0 Å². The van der Waals surface area contributed by atoms with Gasteiger partial charge in [-0.25, -0.2) is 0 Å². The van der Waals surface area contributed by atoms with E-state index >= 15 is 0 Å². The molecule has 1 N–H and O–H groups in total. The van der Waals surface area contributed by atoms with Crippen molar-refractivity contribution in [2.45, 2.75) is 39.3 Å². The van der Waals surface area contributed by atoms with Crippen molar-refractivity contribution in [1.82, 2.24) is 15.1 Å². The van der Waals surface area contributed by atoms with Crippen LogP contribution in [0, 0.1) is 0 Å². The monoisotopic (exact) mass is 359 g/mol. The highest BCUT2D eigenvalue weighted by atomic mass is 16.5. The molecule has 0 saturated heterocycles. The molecule has 1 aromatic carbocycles. The molecular formula is C20H29N3O3. The Morgan fingerprint density at radius 3 is 2.85 bits per heavy atom. The number of aromatic nitrogens is 2. The third-order valence-electron chi connectivity index (χ3n) is 4.19. The van der Waals surface area contributed by atoms with Gasteiger partial charge in [-0.1, -0.05) is 0 Å². The Balaban J connectivity index is 1.64. The van der Waals surface area contributed by atoms with Crippen LogP contribution in [0.1, 0.15) is 32.3 Å². The number of benzene rings is 1. The fourth-order valence-electron chi connectivity index (χ4n) is 2.96. The minimum absolute atomic E-state index is 0.291. The SMILES string of the molecule is CC(C)OCCCNCc1cn(C)nc1-c1ccc2c(c1)OCCCO2. The molecule has 142 valence electrons. The van der Waals surface area contributed by atoms with Gasteiger partial charge in [0.25, 0.3) is 0 Å². The highest BCUT2D eigenvalue weighted by molar-refractivity contribution is 5.66. The second-order valence-corrected chi connectivity index (χ2v) is 6.84. The molecule has 2 heterocycles. The number of aryl methyl sites for hydroxylation is 1. The van der Waals surface area contributed by atoms with Crippen molar-refractivity contribution in [2.75, 3.05) is 26.4 Å². The van der Waals surface area contributed by atoms with Crippen LogP contribution in [-0.2, 0) is 18.3 Å². The van der Waals surface area contributed by atoms with Crippen LogP contribution in [-0.4, -0.2) is 42.2 Å². The van der Waals surface area contributed by atoms with Crippen LogP contribution in [0.4, 0.5) is 0 Å². The van der Waals surface area contributed by atoms with E-state index in [1.165, 1.54) is 5.56 Å². The number of nitrogens with zero attached hydrogens (tertiary/aromatic N) is 2. The van der Waals surface area contributed by atoms with Crippen molar-refractivity contribution < 1.29 is 14.2 Å². The average Bonchev–Trinajstić information content (AvgIpc) is 2.83. The molecule has 0 fully saturated rings. The predicted octanol–water partition coefficient (Wildman–Crippen LogP) is 3.15. The van der Waals surface area contributed by atoms with Crippen LogP contribution in [0.5, 0.6) is 11.5 Å². The Morgan fingerprint density at radius 2 is 2.04 bits per heavy atom. The molecular weight excluding hydrogens is 330 g/mol. The number of nitrogens with one attached hydrogen (secondary N) is 1. The molecule has 0 radical (unpaired) electrons. The highest BCUT2D eigenvalue weighted by Gasteiger charge is 2.15. The summed E-state index contributed by atoms with van der Waals surface area (Å²) in [6, 6.07) is 6.06. The number of fused-ring (bicyclic) bond motifs is 1. The molecule has 0 bridgehead atoms. The van der Waals surface area contributed by atoms with Gasteiger partial charge in [0.2, 0.25) is 0 Å². The molecule has 0 saturated carbocycles. The standard InChI is InChI=1S/C20H29N3O3/c1-15(2)24-9-4-8-21-13-17-14-23(3)22-20(17)16-6-7-18-19(12-16)26-11-5-10-25-18/h6-7,12,14-15,21H,4-5,8-11,13H2,1-3H3. The first-order valence-corrected chi connectivity index (χ1v) is 9.38. The maximum absolute atomic E-state index is 5.81. The predicted molar refractivity (Wildman–Crippen MR) is 102 cm³/mol. The summed E-state index contributed by atoms with van der Waals surface area (Å²) in [6.07, 6.45) is 4.26.